The van der Waals surface area contributed by atoms with E-state index in [9.17, 15) is 8.78 Å². The molecule has 1 heterocycles. The Morgan fingerprint density at radius 2 is 2.29 bits per heavy atom. The summed E-state index contributed by atoms with van der Waals surface area (Å²) in [6, 6.07) is 0. The van der Waals surface area contributed by atoms with Gasteiger partial charge in [0.2, 0.25) is 0 Å². The van der Waals surface area contributed by atoms with E-state index in [4.69, 9.17) is 16.3 Å². The van der Waals surface area contributed by atoms with Crippen molar-refractivity contribution in [3.63, 3.8) is 0 Å². The predicted molar refractivity (Wildman–Crippen MR) is 46.4 cm³/mol. The second kappa shape index (κ2) is 5.21. The van der Waals surface area contributed by atoms with E-state index in [1.807, 2.05) is 0 Å². The van der Waals surface area contributed by atoms with Gasteiger partial charge in [-0.25, -0.2) is 13.5 Å². The van der Waals surface area contributed by atoms with E-state index in [-0.39, 0.29) is 23.8 Å². The number of methoxy groups -OCH3 is 1. The number of alkyl halides is 3. The van der Waals surface area contributed by atoms with Gasteiger partial charge in [-0.15, -0.1) is 16.7 Å². The number of aromatic nitrogens is 3. The fraction of sp³-hybridized carbons (Fsp3) is 0.714. The normalized spacial score (nSPS) is 11.2. The molecule has 1 aromatic heterocycles. The summed E-state index contributed by atoms with van der Waals surface area (Å²) in [4.78, 5) is 0. The maximum Gasteiger partial charge on any atom is 0.281 e. The molecular formula is C7H10ClF2N3O. The van der Waals surface area contributed by atoms with Crippen molar-refractivity contribution in [2.45, 2.75) is 18.9 Å². The molecular weight excluding hydrogens is 216 g/mol. The minimum Gasteiger partial charge on any atom is -0.383 e. The van der Waals surface area contributed by atoms with E-state index in [0.717, 1.165) is 4.68 Å². The van der Waals surface area contributed by atoms with Gasteiger partial charge in [-0.2, -0.15) is 0 Å². The Labute approximate surface area is 84.8 Å². The van der Waals surface area contributed by atoms with Gasteiger partial charge in [0, 0.05) is 7.11 Å². The van der Waals surface area contributed by atoms with Gasteiger partial charge in [0.25, 0.3) is 6.43 Å². The summed E-state index contributed by atoms with van der Waals surface area (Å²) in [6.07, 6.45) is -2.62. The van der Waals surface area contributed by atoms with Crippen molar-refractivity contribution in [1.82, 2.24) is 15.0 Å². The highest BCUT2D eigenvalue weighted by molar-refractivity contribution is 6.16. The Balaban J connectivity index is 2.87. The largest absolute Gasteiger partial charge is 0.383 e. The summed E-state index contributed by atoms with van der Waals surface area (Å²) in [6.45, 7) is 0.560. The third-order valence-corrected chi connectivity index (χ3v) is 1.94. The molecule has 80 valence electrons. The van der Waals surface area contributed by atoms with E-state index in [1.54, 1.807) is 0 Å². The van der Waals surface area contributed by atoms with E-state index in [2.05, 4.69) is 10.3 Å². The lowest BCUT2D eigenvalue weighted by atomic mass is 10.3. The summed E-state index contributed by atoms with van der Waals surface area (Å²) in [5.41, 5.74) is -0.102. The second-order valence-electron chi connectivity index (χ2n) is 2.57. The maximum absolute atomic E-state index is 12.5. The molecule has 0 aliphatic rings. The number of hydrogen-bond acceptors (Lipinski definition) is 3. The van der Waals surface area contributed by atoms with Gasteiger partial charge in [-0.1, -0.05) is 5.21 Å². The smallest absolute Gasteiger partial charge is 0.281 e. The van der Waals surface area contributed by atoms with E-state index < -0.39 is 6.43 Å². The van der Waals surface area contributed by atoms with Gasteiger partial charge in [0.05, 0.1) is 19.0 Å². The van der Waals surface area contributed by atoms with Gasteiger partial charge in [0.15, 0.2) is 0 Å². The second-order valence-corrected chi connectivity index (χ2v) is 2.84. The zero-order valence-electron chi connectivity index (χ0n) is 7.58. The van der Waals surface area contributed by atoms with Crippen LogP contribution in [0.4, 0.5) is 8.78 Å². The van der Waals surface area contributed by atoms with Crippen molar-refractivity contribution < 1.29 is 13.5 Å². The molecule has 0 aromatic carbocycles. The summed E-state index contributed by atoms with van der Waals surface area (Å²) in [7, 11) is 1.49. The van der Waals surface area contributed by atoms with Gasteiger partial charge < -0.3 is 4.74 Å². The topological polar surface area (TPSA) is 39.9 Å². The monoisotopic (exact) mass is 225 g/mol. The first-order valence-corrected chi connectivity index (χ1v) is 4.49. The summed E-state index contributed by atoms with van der Waals surface area (Å²) < 4.78 is 30.9. The van der Waals surface area contributed by atoms with Crippen LogP contribution in [0.25, 0.3) is 0 Å². The highest BCUT2D eigenvalue weighted by Gasteiger charge is 2.20. The number of halogens is 3. The van der Waals surface area contributed by atoms with Crippen molar-refractivity contribution in [2.75, 3.05) is 13.7 Å². The molecule has 1 aromatic rings. The predicted octanol–water partition coefficient (Wildman–Crippen LogP) is 1.60. The molecule has 0 amide bonds. The van der Waals surface area contributed by atoms with Crippen LogP contribution in [0.3, 0.4) is 0 Å². The fourth-order valence-corrected chi connectivity index (χ4v) is 1.22. The van der Waals surface area contributed by atoms with Crippen LogP contribution in [0.5, 0.6) is 0 Å². The van der Waals surface area contributed by atoms with E-state index in [0.29, 0.717) is 6.61 Å². The standard InChI is InChI=1S/C7H10ClF2N3O/c1-14-3-2-13-6(7(9)10)5(4-8)11-12-13/h7H,2-4H2,1H3. The molecule has 0 unspecified atom stereocenters. The Hall–Kier alpha value is -0.750. The Morgan fingerprint density at radius 1 is 1.57 bits per heavy atom. The molecule has 0 saturated heterocycles. The summed E-state index contributed by atoms with van der Waals surface area (Å²) in [5, 5.41) is 7.12. The average Bonchev–Trinajstić information content (AvgIpc) is 2.57. The molecule has 0 aliphatic carbocycles. The Bertz CT molecular complexity index is 292. The third-order valence-electron chi connectivity index (χ3n) is 1.69. The molecule has 0 atom stereocenters. The molecule has 0 aliphatic heterocycles. The van der Waals surface area contributed by atoms with Gasteiger partial charge >= 0.3 is 0 Å². The SMILES string of the molecule is COCCn1nnc(CCl)c1C(F)F. The Kier molecular flexibility index (Phi) is 4.21. The van der Waals surface area contributed by atoms with Crippen molar-refractivity contribution in [3.8, 4) is 0 Å². The van der Waals surface area contributed by atoms with Crippen LogP contribution in [0.1, 0.15) is 17.8 Å². The first-order valence-electron chi connectivity index (χ1n) is 3.96. The molecule has 4 nitrogen and oxygen atoms in total. The number of nitrogens with zero attached hydrogens (tertiary/aromatic N) is 3. The first kappa shape index (κ1) is 11.3. The van der Waals surface area contributed by atoms with E-state index >= 15 is 0 Å². The van der Waals surface area contributed by atoms with Crippen LogP contribution in [0.15, 0.2) is 0 Å². The molecule has 0 saturated carbocycles. The molecule has 0 spiro atoms. The molecule has 1 rings (SSSR count). The summed E-state index contributed by atoms with van der Waals surface area (Å²) in [5.74, 6) is -0.0628. The number of hydrogen-bond donors (Lipinski definition) is 0. The van der Waals surface area contributed by atoms with Crippen LogP contribution in [-0.2, 0) is 17.2 Å². The fourth-order valence-electron chi connectivity index (χ4n) is 1.03. The minimum atomic E-state index is -2.62. The maximum atomic E-state index is 12.5. The Morgan fingerprint density at radius 3 is 2.79 bits per heavy atom. The van der Waals surface area contributed by atoms with Crippen LogP contribution in [0, 0.1) is 0 Å². The van der Waals surface area contributed by atoms with Crippen molar-refractivity contribution in [2.24, 2.45) is 0 Å². The van der Waals surface area contributed by atoms with Crippen molar-refractivity contribution in [3.05, 3.63) is 11.4 Å². The van der Waals surface area contributed by atoms with E-state index in [1.165, 1.54) is 7.11 Å². The van der Waals surface area contributed by atoms with Crippen molar-refractivity contribution >= 4 is 11.6 Å². The lowest BCUT2D eigenvalue weighted by Gasteiger charge is -2.05. The van der Waals surface area contributed by atoms with Crippen molar-refractivity contribution in [1.29, 1.82) is 0 Å². The first-order chi connectivity index (χ1) is 6.70. The highest BCUT2D eigenvalue weighted by atomic mass is 35.5. The van der Waals surface area contributed by atoms with Crippen LogP contribution in [-0.4, -0.2) is 28.7 Å². The third kappa shape index (κ3) is 2.39. The number of rotatable bonds is 5. The van der Waals surface area contributed by atoms with Gasteiger partial charge in [0.1, 0.15) is 11.4 Å². The van der Waals surface area contributed by atoms with Gasteiger partial charge in [-0.05, 0) is 0 Å². The summed E-state index contributed by atoms with van der Waals surface area (Å²) >= 11 is 5.44. The van der Waals surface area contributed by atoms with Crippen LogP contribution >= 0.6 is 11.6 Å². The van der Waals surface area contributed by atoms with Crippen LogP contribution < -0.4 is 0 Å². The zero-order valence-corrected chi connectivity index (χ0v) is 8.34. The number of ether oxygens (including phenoxy) is 1. The van der Waals surface area contributed by atoms with Gasteiger partial charge in [-0.3, -0.25) is 0 Å². The average molecular weight is 226 g/mol. The lowest BCUT2D eigenvalue weighted by molar-refractivity contribution is 0.130. The highest BCUT2D eigenvalue weighted by Crippen LogP contribution is 2.22. The zero-order chi connectivity index (χ0) is 10.6. The molecule has 0 bridgehead atoms. The minimum absolute atomic E-state index is 0.0628. The van der Waals surface area contributed by atoms with Crippen LogP contribution in [0.2, 0.25) is 0 Å². The molecule has 0 radical (unpaired) electrons. The quantitative estimate of drug-likeness (QED) is 0.715. The molecule has 7 heteroatoms. The molecule has 14 heavy (non-hydrogen) atoms. The molecule has 0 N–H and O–H groups in total. The lowest BCUT2D eigenvalue weighted by Crippen LogP contribution is -2.10. The molecule has 0 fully saturated rings.